The molecule has 21 heteroatoms. The van der Waals surface area contributed by atoms with E-state index in [2.05, 4.69) is 37.2 Å². The van der Waals surface area contributed by atoms with Gasteiger partial charge in [-0.2, -0.15) is 0 Å². The third kappa shape index (κ3) is 16.7. The average Bonchev–Trinajstić information content (AvgIpc) is 3.01. The average molecular weight is 732 g/mol. The lowest BCUT2D eigenvalue weighted by atomic mass is 10.0. The summed E-state index contributed by atoms with van der Waals surface area (Å²) in [4.78, 5) is 112. The van der Waals surface area contributed by atoms with Gasteiger partial charge < -0.3 is 68.8 Å². The molecule has 2 unspecified atom stereocenters. The van der Waals surface area contributed by atoms with Gasteiger partial charge >= 0.3 is 0 Å². The van der Waals surface area contributed by atoms with E-state index >= 15 is 0 Å². The van der Waals surface area contributed by atoms with Gasteiger partial charge in [-0.3, -0.25) is 38.4 Å². The number of aliphatic hydroxyl groups is 3. The topological polar surface area (TPSA) is 351 Å². The van der Waals surface area contributed by atoms with Crippen LogP contribution in [-0.4, -0.2) is 136 Å². The lowest BCUT2D eigenvalue weighted by Crippen LogP contribution is -2.62. The molecule has 290 valence electrons. The molecule has 0 aliphatic heterocycles. The molecule has 51 heavy (non-hydrogen) atoms. The van der Waals surface area contributed by atoms with Crippen molar-refractivity contribution in [3.05, 3.63) is 0 Å². The van der Waals surface area contributed by atoms with Crippen molar-refractivity contribution in [1.82, 2.24) is 37.2 Å². The minimum atomic E-state index is -1.74. The summed E-state index contributed by atoms with van der Waals surface area (Å²) in [7, 11) is 0. The van der Waals surface area contributed by atoms with E-state index in [4.69, 9.17) is 11.5 Å². The quantitative estimate of drug-likeness (QED) is 0.0436. The molecule has 0 fully saturated rings. The maximum absolute atomic E-state index is 13.2. The molecule has 0 rings (SSSR count). The third-order valence-corrected chi connectivity index (χ3v) is 7.14. The molecule has 0 spiro atoms. The second-order valence-electron chi connectivity index (χ2n) is 12.6. The lowest BCUT2D eigenvalue weighted by molar-refractivity contribution is -0.137. The van der Waals surface area contributed by atoms with Crippen LogP contribution in [-0.2, 0) is 43.2 Å². The van der Waals surface area contributed by atoms with Crippen molar-refractivity contribution in [2.45, 2.75) is 122 Å². The van der Waals surface area contributed by atoms with E-state index in [9.17, 15) is 58.5 Å². The van der Waals surface area contributed by atoms with Crippen LogP contribution in [0.15, 0.2) is 0 Å². The molecule has 0 aromatic heterocycles. The van der Waals surface area contributed by atoms with Crippen LogP contribution >= 0.6 is 0 Å². The fourth-order valence-electron chi connectivity index (χ4n) is 4.34. The predicted octanol–water partition coefficient (Wildman–Crippen LogP) is -6.36. The van der Waals surface area contributed by atoms with Crippen molar-refractivity contribution < 1.29 is 58.5 Å². The number of hydrogen-bond donors (Lipinski definition) is 12. The standard InChI is InChI=1S/C30H53N9O12/c1-12(2)23(33-13(3)4)29(50)36-18(9-22(32)45)27(48)39-24(16(7)43)30(51)34-14(5)25(46)35-17(8-21(31)44)26(47)38-20(11-41)28(49)37-19(10-40)15(6)42/h10,12-20,23-24,33,41-43H,8-9,11H2,1-7H3,(H2,31,44)(H2,32,45)(H,34,51)(H,35,46)(H,36,50)(H,37,49)(H,38,47)(H,39,48)/t14-,15+,16+,17?,18-,19+,20-,23?,24-/m0/s1. The molecule has 14 N–H and O–H groups in total. The Morgan fingerprint density at radius 2 is 1.00 bits per heavy atom. The molecule has 0 saturated carbocycles. The van der Waals surface area contributed by atoms with Crippen molar-refractivity contribution in [2.24, 2.45) is 17.4 Å². The zero-order chi connectivity index (χ0) is 39.7. The molecule has 8 amide bonds. The summed E-state index contributed by atoms with van der Waals surface area (Å²) in [6, 6.07) is -10.5. The molecule has 0 bridgehead atoms. The Labute approximate surface area is 295 Å². The highest BCUT2D eigenvalue weighted by Crippen LogP contribution is 2.06. The summed E-state index contributed by atoms with van der Waals surface area (Å²) >= 11 is 0. The van der Waals surface area contributed by atoms with Gasteiger partial charge in [0.1, 0.15) is 42.5 Å². The second-order valence-corrected chi connectivity index (χ2v) is 12.6. The first-order chi connectivity index (χ1) is 23.5. The van der Waals surface area contributed by atoms with E-state index < -0.39 is 121 Å². The Balaban J connectivity index is 5.82. The summed E-state index contributed by atoms with van der Waals surface area (Å²) in [6.07, 6.45) is -4.12. The molecule has 21 nitrogen and oxygen atoms in total. The normalized spacial score (nSPS) is 16.5. The van der Waals surface area contributed by atoms with E-state index in [1.54, 1.807) is 27.7 Å². The number of nitrogens with two attached hydrogens (primary N) is 2. The number of nitrogens with one attached hydrogen (secondary N) is 7. The molecule has 0 aromatic carbocycles. The van der Waals surface area contributed by atoms with E-state index in [-0.39, 0.29) is 18.2 Å². The smallest absolute Gasteiger partial charge is 0.245 e. The van der Waals surface area contributed by atoms with Crippen molar-refractivity contribution in [2.75, 3.05) is 6.61 Å². The molecular weight excluding hydrogens is 678 g/mol. The molecule has 0 aliphatic carbocycles. The van der Waals surface area contributed by atoms with Crippen LogP contribution in [0.4, 0.5) is 0 Å². The number of primary amides is 2. The van der Waals surface area contributed by atoms with Gasteiger partial charge in [0.15, 0.2) is 0 Å². The highest BCUT2D eigenvalue weighted by atomic mass is 16.3. The van der Waals surface area contributed by atoms with Gasteiger partial charge in [0, 0.05) is 6.04 Å². The van der Waals surface area contributed by atoms with Gasteiger partial charge in [-0.25, -0.2) is 0 Å². The lowest BCUT2D eigenvalue weighted by Gasteiger charge is -2.28. The molecule has 0 radical (unpaired) electrons. The number of rotatable bonds is 23. The molecule has 0 aromatic rings. The van der Waals surface area contributed by atoms with Gasteiger partial charge in [0.05, 0.1) is 37.7 Å². The highest BCUT2D eigenvalue weighted by molar-refractivity contribution is 5.98. The Kier molecular flexibility index (Phi) is 20.1. The summed E-state index contributed by atoms with van der Waals surface area (Å²) in [5, 5.41) is 45.8. The first-order valence-electron chi connectivity index (χ1n) is 16.1. The summed E-state index contributed by atoms with van der Waals surface area (Å²) in [5.41, 5.74) is 10.5. The van der Waals surface area contributed by atoms with Crippen molar-refractivity contribution in [1.29, 1.82) is 0 Å². The van der Waals surface area contributed by atoms with Crippen LogP contribution in [0.25, 0.3) is 0 Å². The SMILES string of the molecule is CC(C)NC(C(=O)N[C@@H](CC(N)=O)C(=O)N[C@H](C(=O)N[C@@H](C)C(=O)NC(CC(N)=O)C(=O)N[C@@H](CO)C(=O)N[C@H](C=O)[C@@H](C)O)[C@@H](C)O)C(C)C. The number of hydrogen-bond acceptors (Lipinski definition) is 13. The van der Waals surface area contributed by atoms with E-state index in [1.165, 1.54) is 6.92 Å². The van der Waals surface area contributed by atoms with Crippen LogP contribution in [0, 0.1) is 5.92 Å². The zero-order valence-electron chi connectivity index (χ0n) is 29.7. The summed E-state index contributed by atoms with van der Waals surface area (Å²) < 4.78 is 0. The fraction of sp³-hybridized carbons (Fsp3) is 0.700. The van der Waals surface area contributed by atoms with E-state index in [0.717, 1.165) is 13.8 Å². The predicted molar refractivity (Wildman–Crippen MR) is 178 cm³/mol. The van der Waals surface area contributed by atoms with Crippen molar-refractivity contribution in [3.8, 4) is 0 Å². The number of amides is 8. The Hall–Kier alpha value is -4.73. The first-order valence-corrected chi connectivity index (χ1v) is 16.1. The zero-order valence-corrected chi connectivity index (χ0v) is 29.7. The minimum Gasteiger partial charge on any atom is -0.394 e. The number of aldehydes is 1. The molecule has 0 aliphatic rings. The first kappa shape index (κ1) is 46.3. The Bertz CT molecular complexity index is 1260. The van der Waals surface area contributed by atoms with Crippen LogP contribution < -0.4 is 48.7 Å². The van der Waals surface area contributed by atoms with E-state index in [1.807, 2.05) is 0 Å². The highest BCUT2D eigenvalue weighted by Gasteiger charge is 2.35. The van der Waals surface area contributed by atoms with Crippen molar-refractivity contribution in [3.63, 3.8) is 0 Å². The number of carbonyl (C=O) groups excluding carboxylic acids is 9. The second kappa shape index (κ2) is 22.2. The maximum Gasteiger partial charge on any atom is 0.245 e. The van der Waals surface area contributed by atoms with Crippen LogP contribution in [0.1, 0.15) is 61.3 Å². The third-order valence-electron chi connectivity index (χ3n) is 7.14. The summed E-state index contributed by atoms with van der Waals surface area (Å²) in [5.74, 6) is -8.37. The Morgan fingerprint density at radius 3 is 1.39 bits per heavy atom. The van der Waals surface area contributed by atoms with Gasteiger partial charge in [0.2, 0.25) is 47.3 Å². The van der Waals surface area contributed by atoms with Gasteiger partial charge in [-0.05, 0) is 26.7 Å². The van der Waals surface area contributed by atoms with Crippen molar-refractivity contribution >= 4 is 53.5 Å². The van der Waals surface area contributed by atoms with Gasteiger partial charge in [-0.15, -0.1) is 0 Å². The molecule has 0 heterocycles. The van der Waals surface area contributed by atoms with E-state index in [0.29, 0.717) is 0 Å². The van der Waals surface area contributed by atoms with Crippen LogP contribution in [0.2, 0.25) is 0 Å². The van der Waals surface area contributed by atoms with Gasteiger partial charge in [0.25, 0.3) is 0 Å². The maximum atomic E-state index is 13.2. The van der Waals surface area contributed by atoms with Crippen LogP contribution in [0.3, 0.4) is 0 Å². The van der Waals surface area contributed by atoms with Crippen LogP contribution in [0.5, 0.6) is 0 Å². The molecule has 0 saturated heterocycles. The van der Waals surface area contributed by atoms with Gasteiger partial charge in [-0.1, -0.05) is 27.7 Å². The molecular formula is C30H53N9O12. The monoisotopic (exact) mass is 731 g/mol. The fourth-order valence-corrected chi connectivity index (χ4v) is 4.34. The Morgan fingerprint density at radius 1 is 0.569 bits per heavy atom. The minimum absolute atomic E-state index is 0.114. The summed E-state index contributed by atoms with van der Waals surface area (Å²) in [6.45, 7) is 9.62. The number of aliphatic hydroxyl groups excluding tert-OH is 3. The largest absolute Gasteiger partial charge is 0.394 e. The molecule has 9 atom stereocenters. The number of carbonyl (C=O) groups is 9.